The molecule has 84 valence electrons. The van der Waals surface area contributed by atoms with Crippen molar-refractivity contribution in [3.05, 3.63) is 65.1 Å². The van der Waals surface area contributed by atoms with Crippen molar-refractivity contribution in [2.45, 2.75) is 17.7 Å². The summed E-state index contributed by atoms with van der Waals surface area (Å²) in [6, 6.07) is 13.9. The van der Waals surface area contributed by atoms with Crippen LogP contribution in [-0.4, -0.2) is 4.98 Å². The Morgan fingerprint density at radius 3 is 2.65 bits per heavy atom. The van der Waals surface area contributed by atoms with E-state index in [1.54, 1.807) is 11.8 Å². The van der Waals surface area contributed by atoms with Crippen LogP contribution in [0, 0.1) is 13.5 Å². The van der Waals surface area contributed by atoms with Crippen LogP contribution in [0.25, 0.3) is 4.85 Å². The summed E-state index contributed by atoms with van der Waals surface area (Å²) >= 11 is 1.61. The number of benzene rings is 1. The van der Waals surface area contributed by atoms with E-state index in [0.29, 0.717) is 5.69 Å². The molecule has 3 heteroatoms. The Balaban J connectivity index is 2.14. The number of thioether (sulfide) groups is 1. The first kappa shape index (κ1) is 11.7. The Morgan fingerprint density at radius 2 is 1.94 bits per heavy atom. The molecule has 0 aliphatic heterocycles. The van der Waals surface area contributed by atoms with Gasteiger partial charge in [0.25, 0.3) is 0 Å². The van der Waals surface area contributed by atoms with E-state index in [4.69, 9.17) is 6.57 Å². The molecule has 0 N–H and O–H groups in total. The summed E-state index contributed by atoms with van der Waals surface area (Å²) in [6.07, 6.45) is 0. The minimum atomic E-state index is 0.636. The lowest BCUT2D eigenvalue weighted by Crippen LogP contribution is -1.86. The Kier molecular flexibility index (Phi) is 3.79. The largest absolute Gasteiger partial charge is 0.259 e. The van der Waals surface area contributed by atoms with Gasteiger partial charge in [-0.15, -0.1) is 11.8 Å². The maximum absolute atomic E-state index is 7.11. The molecule has 2 aromatic rings. The number of nitrogens with zero attached hydrogens (tertiary/aromatic N) is 2. The second-order valence-corrected chi connectivity index (χ2v) is 4.63. The zero-order chi connectivity index (χ0) is 12.1. The fourth-order valence-electron chi connectivity index (χ4n) is 1.44. The highest BCUT2D eigenvalue weighted by molar-refractivity contribution is 7.98. The van der Waals surface area contributed by atoms with E-state index < -0.39 is 0 Å². The first-order chi connectivity index (χ1) is 8.29. The number of aromatic nitrogens is 1. The summed E-state index contributed by atoms with van der Waals surface area (Å²) in [5, 5.41) is 0.823. The van der Waals surface area contributed by atoms with Crippen molar-refractivity contribution < 1.29 is 0 Å². The average molecular weight is 240 g/mol. The molecule has 17 heavy (non-hydrogen) atoms. The van der Waals surface area contributed by atoms with E-state index in [0.717, 1.165) is 16.5 Å². The Morgan fingerprint density at radius 1 is 1.18 bits per heavy atom. The van der Waals surface area contributed by atoms with Gasteiger partial charge in [-0.1, -0.05) is 42.5 Å². The Labute approximate surface area is 106 Å². The summed E-state index contributed by atoms with van der Waals surface area (Å²) in [4.78, 5) is 7.90. The molecule has 1 heterocycles. The molecular formula is C14H12N2S. The lowest BCUT2D eigenvalue weighted by atomic mass is 10.2. The molecule has 0 amide bonds. The average Bonchev–Trinajstić information content (AvgIpc) is 2.38. The van der Waals surface area contributed by atoms with Crippen LogP contribution < -0.4 is 0 Å². The van der Waals surface area contributed by atoms with Crippen molar-refractivity contribution in [3.63, 3.8) is 0 Å². The normalized spacial score (nSPS) is 9.88. The molecule has 0 spiro atoms. The van der Waals surface area contributed by atoms with Crippen molar-refractivity contribution in [1.82, 2.24) is 4.98 Å². The fourth-order valence-corrected chi connectivity index (χ4v) is 2.41. The highest BCUT2D eigenvalue weighted by atomic mass is 32.2. The lowest BCUT2D eigenvalue weighted by molar-refractivity contribution is 1.07. The van der Waals surface area contributed by atoms with Crippen LogP contribution in [0.3, 0.4) is 0 Å². The van der Waals surface area contributed by atoms with Gasteiger partial charge in [-0.25, -0.2) is 4.85 Å². The van der Waals surface area contributed by atoms with Gasteiger partial charge in [0.05, 0.1) is 6.57 Å². The summed E-state index contributed by atoms with van der Waals surface area (Å²) in [5.74, 6) is 0.847. The van der Waals surface area contributed by atoms with Gasteiger partial charge >= 0.3 is 0 Å². The SMILES string of the molecule is [C-]#[N+]c1ccc(C)nc1SCc1ccccc1. The highest BCUT2D eigenvalue weighted by Gasteiger charge is 2.05. The second kappa shape index (κ2) is 5.51. The molecule has 0 fully saturated rings. The van der Waals surface area contributed by atoms with Crippen molar-refractivity contribution in [2.75, 3.05) is 0 Å². The van der Waals surface area contributed by atoms with Gasteiger partial charge in [-0.2, -0.15) is 0 Å². The summed E-state index contributed by atoms with van der Waals surface area (Å²) in [6.45, 7) is 9.05. The predicted octanol–water partition coefficient (Wildman–Crippen LogP) is 4.23. The van der Waals surface area contributed by atoms with Gasteiger partial charge in [0.2, 0.25) is 5.69 Å². The molecule has 1 aromatic heterocycles. The van der Waals surface area contributed by atoms with Crippen LogP contribution in [0.4, 0.5) is 5.69 Å². The predicted molar refractivity (Wildman–Crippen MR) is 71.2 cm³/mol. The van der Waals surface area contributed by atoms with Gasteiger partial charge in [-0.3, -0.25) is 4.98 Å². The molecule has 0 radical (unpaired) electrons. The van der Waals surface area contributed by atoms with E-state index in [1.807, 2.05) is 37.3 Å². The van der Waals surface area contributed by atoms with Crippen molar-refractivity contribution in [2.24, 2.45) is 0 Å². The number of hydrogen-bond donors (Lipinski definition) is 0. The van der Waals surface area contributed by atoms with Gasteiger partial charge in [0.1, 0.15) is 5.03 Å². The van der Waals surface area contributed by atoms with Crippen LogP contribution in [0.2, 0.25) is 0 Å². The third kappa shape index (κ3) is 3.08. The number of aryl methyl sites for hydroxylation is 1. The van der Waals surface area contributed by atoms with E-state index >= 15 is 0 Å². The van der Waals surface area contributed by atoms with Crippen LogP contribution in [0.1, 0.15) is 11.3 Å². The van der Waals surface area contributed by atoms with Crippen LogP contribution >= 0.6 is 11.8 Å². The van der Waals surface area contributed by atoms with E-state index in [2.05, 4.69) is 22.0 Å². The van der Waals surface area contributed by atoms with Crippen molar-refractivity contribution in [1.29, 1.82) is 0 Å². The van der Waals surface area contributed by atoms with Crippen LogP contribution in [0.5, 0.6) is 0 Å². The van der Waals surface area contributed by atoms with E-state index in [-0.39, 0.29) is 0 Å². The van der Waals surface area contributed by atoms with Crippen LogP contribution in [-0.2, 0) is 5.75 Å². The van der Waals surface area contributed by atoms with Crippen molar-refractivity contribution >= 4 is 17.4 Å². The highest BCUT2D eigenvalue weighted by Crippen LogP contribution is 2.30. The minimum Gasteiger partial charge on any atom is -0.259 e. The van der Waals surface area contributed by atoms with Gasteiger partial charge in [0.15, 0.2) is 0 Å². The number of hydrogen-bond acceptors (Lipinski definition) is 2. The topological polar surface area (TPSA) is 17.2 Å². The molecule has 0 aliphatic rings. The third-order valence-electron chi connectivity index (χ3n) is 2.32. The molecule has 0 aliphatic carbocycles. The zero-order valence-corrected chi connectivity index (χ0v) is 10.4. The Hall–Kier alpha value is -1.79. The molecular weight excluding hydrogens is 228 g/mol. The lowest BCUT2D eigenvalue weighted by Gasteiger charge is -2.04. The molecule has 0 atom stereocenters. The maximum Gasteiger partial charge on any atom is 0.218 e. The second-order valence-electron chi connectivity index (χ2n) is 3.66. The number of pyridine rings is 1. The molecule has 2 nitrogen and oxygen atoms in total. The molecule has 0 unspecified atom stereocenters. The first-order valence-corrected chi connectivity index (χ1v) is 6.30. The van der Waals surface area contributed by atoms with Crippen molar-refractivity contribution in [3.8, 4) is 0 Å². The Bertz CT molecular complexity index is 544. The molecule has 0 saturated heterocycles. The zero-order valence-electron chi connectivity index (χ0n) is 9.55. The van der Waals surface area contributed by atoms with Gasteiger partial charge in [-0.05, 0) is 12.5 Å². The third-order valence-corrected chi connectivity index (χ3v) is 3.37. The summed E-state index contributed by atoms with van der Waals surface area (Å²) in [7, 11) is 0. The maximum atomic E-state index is 7.11. The minimum absolute atomic E-state index is 0.636. The summed E-state index contributed by atoms with van der Waals surface area (Å²) < 4.78 is 0. The molecule has 1 aromatic carbocycles. The van der Waals surface area contributed by atoms with Gasteiger partial charge < -0.3 is 0 Å². The van der Waals surface area contributed by atoms with Crippen LogP contribution in [0.15, 0.2) is 47.5 Å². The molecule has 0 bridgehead atoms. The molecule has 2 rings (SSSR count). The summed E-state index contributed by atoms with van der Waals surface area (Å²) in [5.41, 5.74) is 2.83. The monoisotopic (exact) mass is 240 g/mol. The number of rotatable bonds is 3. The quantitative estimate of drug-likeness (QED) is 0.590. The first-order valence-electron chi connectivity index (χ1n) is 5.31. The molecule has 0 saturated carbocycles. The van der Waals surface area contributed by atoms with Gasteiger partial charge in [0, 0.05) is 11.4 Å². The fraction of sp³-hybridized carbons (Fsp3) is 0.143. The van der Waals surface area contributed by atoms with E-state index in [9.17, 15) is 0 Å². The smallest absolute Gasteiger partial charge is 0.218 e. The van der Waals surface area contributed by atoms with E-state index in [1.165, 1.54) is 5.56 Å². The standard InChI is InChI=1S/C14H12N2S/c1-11-8-9-13(15-2)14(16-11)17-10-12-6-4-3-5-7-12/h3-9H,10H2,1H3.